The minimum absolute atomic E-state index is 0.172. The second-order valence-corrected chi connectivity index (χ2v) is 5.32. The van der Waals surface area contributed by atoms with Crippen LogP contribution in [0.15, 0.2) is 6.07 Å². The molecule has 19 heavy (non-hydrogen) atoms. The number of carbonyl (C=O) groups is 1. The van der Waals surface area contributed by atoms with Gasteiger partial charge in [0, 0.05) is 33.2 Å². The number of hydrogen-bond acceptors (Lipinski definition) is 3. The maximum atomic E-state index is 12.3. The maximum absolute atomic E-state index is 12.3. The molecule has 0 spiro atoms. The summed E-state index contributed by atoms with van der Waals surface area (Å²) >= 11 is 0. The number of fused-ring (bicyclic) bond motifs is 1. The quantitative estimate of drug-likeness (QED) is 0.847. The maximum Gasteiger partial charge on any atom is 0.320 e. The van der Waals surface area contributed by atoms with Crippen LogP contribution in [0.2, 0.25) is 0 Å². The zero-order chi connectivity index (χ0) is 13.4. The van der Waals surface area contributed by atoms with Crippen molar-refractivity contribution < 1.29 is 4.79 Å². The number of aromatic nitrogens is 2. The van der Waals surface area contributed by atoms with Gasteiger partial charge >= 0.3 is 6.03 Å². The zero-order valence-electron chi connectivity index (χ0n) is 11.6. The highest BCUT2D eigenvalue weighted by molar-refractivity contribution is 5.77. The summed E-state index contributed by atoms with van der Waals surface area (Å²) in [6.45, 7) is 6.22. The van der Waals surface area contributed by atoms with E-state index in [1.54, 1.807) is 0 Å². The molecular formula is C13H21N5O. The first-order valence-corrected chi connectivity index (χ1v) is 6.97. The Morgan fingerprint density at radius 1 is 1.53 bits per heavy atom. The van der Waals surface area contributed by atoms with E-state index in [-0.39, 0.29) is 6.03 Å². The van der Waals surface area contributed by atoms with Crippen molar-refractivity contribution in [2.24, 2.45) is 7.05 Å². The zero-order valence-corrected chi connectivity index (χ0v) is 11.6. The summed E-state index contributed by atoms with van der Waals surface area (Å²) in [4.78, 5) is 16.3. The van der Waals surface area contributed by atoms with Crippen LogP contribution in [0, 0.1) is 0 Å². The molecule has 2 aliphatic heterocycles. The molecular weight excluding hydrogens is 242 g/mol. The van der Waals surface area contributed by atoms with Crippen molar-refractivity contribution in [3.05, 3.63) is 17.5 Å². The van der Waals surface area contributed by atoms with Crippen LogP contribution >= 0.6 is 0 Å². The van der Waals surface area contributed by atoms with Crippen molar-refractivity contribution in [1.29, 1.82) is 0 Å². The molecule has 2 amide bonds. The molecule has 1 unspecified atom stereocenters. The van der Waals surface area contributed by atoms with Crippen molar-refractivity contribution in [2.75, 3.05) is 26.2 Å². The molecule has 0 aromatic carbocycles. The van der Waals surface area contributed by atoms with Crippen LogP contribution < -0.4 is 5.32 Å². The fraction of sp³-hybridized carbons (Fsp3) is 0.692. The van der Waals surface area contributed by atoms with Gasteiger partial charge in [-0.05, 0) is 12.5 Å². The molecule has 1 N–H and O–H groups in total. The Balaban J connectivity index is 1.73. The Labute approximate surface area is 113 Å². The highest BCUT2D eigenvalue weighted by Crippen LogP contribution is 2.20. The molecule has 1 aromatic rings. The van der Waals surface area contributed by atoms with Crippen molar-refractivity contribution >= 4 is 6.03 Å². The Morgan fingerprint density at radius 2 is 2.37 bits per heavy atom. The van der Waals surface area contributed by atoms with Crippen LogP contribution in [0.1, 0.15) is 18.3 Å². The lowest BCUT2D eigenvalue weighted by molar-refractivity contribution is 0.177. The van der Waals surface area contributed by atoms with Crippen LogP contribution in [0.3, 0.4) is 0 Å². The van der Waals surface area contributed by atoms with Gasteiger partial charge in [0.2, 0.25) is 0 Å². The van der Waals surface area contributed by atoms with Crippen molar-refractivity contribution in [3.63, 3.8) is 0 Å². The van der Waals surface area contributed by atoms with Crippen molar-refractivity contribution in [1.82, 2.24) is 24.9 Å². The molecule has 2 aliphatic rings. The van der Waals surface area contributed by atoms with Gasteiger partial charge in [0.1, 0.15) is 0 Å². The fourth-order valence-corrected chi connectivity index (χ4v) is 2.91. The lowest BCUT2D eigenvalue weighted by Crippen LogP contribution is -2.49. The molecule has 3 heterocycles. The summed E-state index contributed by atoms with van der Waals surface area (Å²) in [5.41, 5.74) is 2.20. The van der Waals surface area contributed by atoms with E-state index in [2.05, 4.69) is 23.4 Å². The van der Waals surface area contributed by atoms with Crippen molar-refractivity contribution in [3.8, 4) is 0 Å². The Morgan fingerprint density at radius 3 is 3.05 bits per heavy atom. The second kappa shape index (κ2) is 4.85. The largest absolute Gasteiger partial charge is 0.320 e. The predicted octanol–water partition coefficient (Wildman–Crippen LogP) is 0.192. The SMILES string of the molecule is CCc1cc(CN2CC3CNCCN3C2=O)n(C)n1. The highest BCUT2D eigenvalue weighted by Gasteiger charge is 2.38. The molecule has 1 atom stereocenters. The third-order valence-electron chi connectivity index (χ3n) is 4.04. The number of amides is 2. The number of urea groups is 1. The summed E-state index contributed by atoms with van der Waals surface area (Å²) in [7, 11) is 1.95. The molecule has 0 radical (unpaired) electrons. The normalized spacial score (nSPS) is 23.1. The van der Waals surface area contributed by atoms with Gasteiger partial charge < -0.3 is 15.1 Å². The van der Waals surface area contributed by atoms with Gasteiger partial charge in [0.25, 0.3) is 0 Å². The fourth-order valence-electron chi connectivity index (χ4n) is 2.91. The molecule has 0 bridgehead atoms. The van der Waals surface area contributed by atoms with E-state index < -0.39 is 0 Å². The molecule has 3 rings (SSSR count). The van der Waals surface area contributed by atoms with Crippen LogP contribution in [0.25, 0.3) is 0 Å². The summed E-state index contributed by atoms with van der Waals surface area (Å²) < 4.78 is 1.89. The third-order valence-corrected chi connectivity index (χ3v) is 4.04. The number of nitrogens with one attached hydrogen (secondary N) is 1. The monoisotopic (exact) mass is 263 g/mol. The summed E-state index contributed by atoms with van der Waals surface area (Å²) in [5, 5.41) is 7.79. The van der Waals surface area contributed by atoms with Gasteiger partial charge in [0.05, 0.1) is 24.0 Å². The van der Waals surface area contributed by atoms with E-state index in [9.17, 15) is 4.79 Å². The van der Waals surface area contributed by atoms with E-state index in [1.165, 1.54) is 0 Å². The molecule has 2 fully saturated rings. The first-order chi connectivity index (χ1) is 9.19. The minimum Gasteiger partial charge on any atom is -0.317 e. The van der Waals surface area contributed by atoms with Gasteiger partial charge in [-0.25, -0.2) is 4.79 Å². The summed E-state index contributed by atoms with van der Waals surface area (Å²) in [6, 6.07) is 2.61. The number of rotatable bonds is 3. The average Bonchev–Trinajstić information content (AvgIpc) is 2.93. The summed E-state index contributed by atoms with van der Waals surface area (Å²) in [6.07, 6.45) is 0.931. The highest BCUT2D eigenvalue weighted by atomic mass is 16.2. The third kappa shape index (κ3) is 2.20. The second-order valence-electron chi connectivity index (χ2n) is 5.32. The predicted molar refractivity (Wildman–Crippen MR) is 71.8 cm³/mol. The Bertz CT molecular complexity index is 483. The molecule has 2 saturated heterocycles. The smallest absolute Gasteiger partial charge is 0.317 e. The number of aryl methyl sites for hydroxylation is 2. The lowest BCUT2D eigenvalue weighted by atomic mass is 10.2. The van der Waals surface area contributed by atoms with Crippen LogP contribution in [-0.2, 0) is 20.0 Å². The average molecular weight is 263 g/mol. The Kier molecular flexibility index (Phi) is 3.18. The van der Waals surface area contributed by atoms with Crippen LogP contribution in [0.5, 0.6) is 0 Å². The van der Waals surface area contributed by atoms with Crippen LogP contribution in [-0.4, -0.2) is 57.8 Å². The number of piperazine rings is 1. The van der Waals surface area contributed by atoms with E-state index in [4.69, 9.17) is 0 Å². The Hall–Kier alpha value is -1.56. The van der Waals surface area contributed by atoms with Gasteiger partial charge in [-0.3, -0.25) is 4.68 Å². The number of carbonyl (C=O) groups excluding carboxylic acids is 1. The van der Waals surface area contributed by atoms with Gasteiger partial charge in [-0.1, -0.05) is 6.92 Å². The molecule has 0 saturated carbocycles. The first-order valence-electron chi connectivity index (χ1n) is 6.97. The van der Waals surface area contributed by atoms with Crippen molar-refractivity contribution in [2.45, 2.75) is 25.9 Å². The van der Waals surface area contributed by atoms with E-state index >= 15 is 0 Å². The number of hydrogen-bond donors (Lipinski definition) is 1. The van der Waals surface area contributed by atoms with Crippen LogP contribution in [0.4, 0.5) is 4.79 Å². The van der Waals surface area contributed by atoms with Gasteiger partial charge in [-0.15, -0.1) is 0 Å². The van der Waals surface area contributed by atoms with E-state index in [0.29, 0.717) is 12.6 Å². The van der Waals surface area contributed by atoms with E-state index in [1.807, 2.05) is 21.5 Å². The molecule has 6 nitrogen and oxygen atoms in total. The standard InChI is InChI=1S/C13H21N5O/c1-3-10-6-11(16(2)15-10)8-17-9-12-7-14-4-5-18(12)13(17)19/h6,12,14H,3-5,7-9H2,1-2H3. The summed E-state index contributed by atoms with van der Waals surface area (Å²) in [5.74, 6) is 0. The molecule has 6 heteroatoms. The molecule has 0 aliphatic carbocycles. The molecule has 104 valence electrons. The topological polar surface area (TPSA) is 53.4 Å². The van der Waals surface area contributed by atoms with E-state index in [0.717, 1.165) is 44.0 Å². The lowest BCUT2D eigenvalue weighted by Gasteiger charge is -2.28. The van der Waals surface area contributed by atoms with Gasteiger partial charge in [0.15, 0.2) is 0 Å². The molecule has 1 aromatic heterocycles. The minimum atomic E-state index is 0.172. The first kappa shape index (κ1) is 12.5. The number of nitrogens with zero attached hydrogens (tertiary/aromatic N) is 4. The van der Waals surface area contributed by atoms with Gasteiger partial charge in [-0.2, -0.15) is 5.10 Å².